The Hall–Kier alpha value is -3.32. The number of hydrogen-bond donors (Lipinski definition) is 1. The number of fused-ring (bicyclic) bond motifs is 3. The van der Waals surface area contributed by atoms with Crippen molar-refractivity contribution in [2.24, 2.45) is 0 Å². The van der Waals surface area contributed by atoms with Crippen LogP contribution in [-0.4, -0.2) is 0 Å². The summed E-state index contributed by atoms with van der Waals surface area (Å²) < 4.78 is 0. The highest BCUT2D eigenvalue weighted by Crippen LogP contribution is 2.44. The normalized spacial score (nSPS) is 12.1. The molecule has 5 aromatic rings. The smallest absolute Gasteiger partial charge is 0.0320 e. The Labute approximate surface area is 171 Å². The van der Waals surface area contributed by atoms with Gasteiger partial charge < -0.3 is 5.73 Å². The molecule has 0 unspecified atom stereocenters. The molecule has 0 radical (unpaired) electrons. The number of nitrogen functional groups attached to an aromatic ring is 1. The van der Waals surface area contributed by atoms with Crippen LogP contribution in [0.15, 0.2) is 84.9 Å². The van der Waals surface area contributed by atoms with Crippen molar-refractivity contribution in [3.05, 3.63) is 90.5 Å². The molecule has 142 valence electrons. The second-order valence-electron chi connectivity index (χ2n) is 8.91. The predicted octanol–water partition coefficient (Wildman–Crippen LogP) is 7.69. The minimum absolute atomic E-state index is 0.00750. The van der Waals surface area contributed by atoms with Gasteiger partial charge in [-0.15, -0.1) is 0 Å². The fourth-order valence-electron chi connectivity index (χ4n) is 4.66. The average Bonchev–Trinajstić information content (AvgIpc) is 2.70. The fraction of sp³-hybridized carbons (Fsp3) is 0.143. The van der Waals surface area contributed by atoms with Crippen molar-refractivity contribution in [2.75, 3.05) is 5.73 Å². The summed E-state index contributed by atoms with van der Waals surface area (Å²) in [5.74, 6) is 0. The Bertz CT molecular complexity index is 1390. The molecule has 2 N–H and O–H groups in total. The van der Waals surface area contributed by atoms with Gasteiger partial charge in [0.25, 0.3) is 0 Å². The van der Waals surface area contributed by atoms with Crippen molar-refractivity contribution in [3.8, 4) is 11.1 Å². The zero-order valence-corrected chi connectivity index (χ0v) is 17.2. The minimum Gasteiger partial charge on any atom is -0.399 e. The molecule has 0 bridgehead atoms. The molecule has 0 fully saturated rings. The average molecular weight is 376 g/mol. The third-order valence-electron chi connectivity index (χ3n) is 5.84. The van der Waals surface area contributed by atoms with Crippen molar-refractivity contribution in [1.82, 2.24) is 0 Å². The summed E-state index contributed by atoms with van der Waals surface area (Å²) in [6.07, 6.45) is 0. The number of nitrogens with two attached hydrogens (primary N) is 1. The van der Waals surface area contributed by atoms with Gasteiger partial charge in [-0.1, -0.05) is 87.5 Å². The van der Waals surface area contributed by atoms with Gasteiger partial charge in [0.05, 0.1) is 0 Å². The van der Waals surface area contributed by atoms with Crippen LogP contribution in [0.2, 0.25) is 0 Å². The van der Waals surface area contributed by atoms with E-state index in [-0.39, 0.29) is 5.41 Å². The highest BCUT2D eigenvalue weighted by Gasteiger charge is 2.23. The van der Waals surface area contributed by atoms with E-state index in [0.29, 0.717) is 0 Å². The lowest BCUT2D eigenvalue weighted by Gasteiger charge is -2.26. The van der Waals surface area contributed by atoms with Crippen molar-refractivity contribution in [2.45, 2.75) is 26.2 Å². The lowest BCUT2D eigenvalue weighted by Crippen LogP contribution is -2.13. The molecule has 5 rings (SSSR count). The van der Waals surface area contributed by atoms with Crippen LogP contribution in [-0.2, 0) is 5.41 Å². The van der Waals surface area contributed by atoms with Gasteiger partial charge in [0, 0.05) is 5.69 Å². The van der Waals surface area contributed by atoms with E-state index >= 15 is 0 Å². The maximum absolute atomic E-state index is 6.24. The number of benzene rings is 5. The summed E-state index contributed by atoms with van der Waals surface area (Å²) in [6.45, 7) is 6.85. The van der Waals surface area contributed by atoms with E-state index < -0.39 is 0 Å². The van der Waals surface area contributed by atoms with Crippen LogP contribution in [0, 0.1) is 0 Å². The number of rotatable bonds is 1. The number of anilines is 1. The van der Waals surface area contributed by atoms with Crippen LogP contribution in [0.5, 0.6) is 0 Å². The first kappa shape index (κ1) is 17.8. The first-order valence-electron chi connectivity index (χ1n) is 10.2. The van der Waals surface area contributed by atoms with Crippen molar-refractivity contribution in [3.63, 3.8) is 0 Å². The van der Waals surface area contributed by atoms with E-state index in [2.05, 4.69) is 99.6 Å². The molecule has 0 amide bonds. The monoisotopic (exact) mass is 375 g/mol. The van der Waals surface area contributed by atoms with Gasteiger partial charge in [0.15, 0.2) is 0 Å². The molecule has 0 heterocycles. The SMILES string of the molecule is CC(C)(C)c1c2ccccc2c(-c2ccc3ccccc3c2)c2ccc(N)cc12. The summed E-state index contributed by atoms with van der Waals surface area (Å²) in [5, 5.41) is 7.64. The van der Waals surface area contributed by atoms with E-state index in [1.807, 2.05) is 6.07 Å². The van der Waals surface area contributed by atoms with Gasteiger partial charge >= 0.3 is 0 Å². The van der Waals surface area contributed by atoms with Crippen LogP contribution in [0.25, 0.3) is 43.4 Å². The maximum Gasteiger partial charge on any atom is 0.0320 e. The largest absolute Gasteiger partial charge is 0.399 e. The van der Waals surface area contributed by atoms with Gasteiger partial charge in [-0.05, 0) is 72.6 Å². The molecule has 1 nitrogen and oxygen atoms in total. The quantitative estimate of drug-likeness (QED) is 0.236. The molecule has 0 aliphatic heterocycles. The molecule has 0 aliphatic rings. The highest BCUT2D eigenvalue weighted by atomic mass is 14.5. The van der Waals surface area contributed by atoms with Crippen molar-refractivity contribution in [1.29, 1.82) is 0 Å². The number of hydrogen-bond acceptors (Lipinski definition) is 1. The fourth-order valence-corrected chi connectivity index (χ4v) is 4.66. The molecule has 5 aromatic carbocycles. The summed E-state index contributed by atoms with van der Waals surface area (Å²) >= 11 is 0. The van der Waals surface area contributed by atoms with Crippen LogP contribution in [0.3, 0.4) is 0 Å². The third kappa shape index (κ3) is 2.86. The molecular formula is C28H25N. The van der Waals surface area contributed by atoms with Gasteiger partial charge in [-0.2, -0.15) is 0 Å². The second kappa shape index (κ2) is 6.35. The van der Waals surface area contributed by atoms with Gasteiger partial charge in [0.2, 0.25) is 0 Å². The maximum atomic E-state index is 6.24. The predicted molar refractivity (Wildman–Crippen MR) is 128 cm³/mol. The lowest BCUT2D eigenvalue weighted by atomic mass is 9.78. The van der Waals surface area contributed by atoms with Gasteiger partial charge in [-0.25, -0.2) is 0 Å². The molecule has 1 heteroatoms. The molecule has 0 atom stereocenters. The van der Waals surface area contributed by atoms with Crippen molar-refractivity contribution >= 4 is 38.0 Å². The van der Waals surface area contributed by atoms with E-state index in [1.165, 1.54) is 49.0 Å². The topological polar surface area (TPSA) is 26.0 Å². The molecule has 0 spiro atoms. The molecular weight excluding hydrogens is 350 g/mol. The molecule has 0 saturated carbocycles. The first-order valence-corrected chi connectivity index (χ1v) is 10.2. The van der Waals surface area contributed by atoms with Crippen LogP contribution in [0.4, 0.5) is 5.69 Å². The van der Waals surface area contributed by atoms with Crippen molar-refractivity contribution < 1.29 is 0 Å². The van der Waals surface area contributed by atoms with Crippen LogP contribution < -0.4 is 5.73 Å². The van der Waals surface area contributed by atoms with E-state index in [1.54, 1.807) is 0 Å². The molecule has 29 heavy (non-hydrogen) atoms. The minimum atomic E-state index is 0.00750. The highest BCUT2D eigenvalue weighted by molar-refractivity contribution is 6.16. The van der Waals surface area contributed by atoms with Crippen LogP contribution in [0.1, 0.15) is 26.3 Å². The first-order chi connectivity index (χ1) is 13.9. The van der Waals surface area contributed by atoms with Crippen LogP contribution >= 0.6 is 0 Å². The molecule has 0 aliphatic carbocycles. The zero-order chi connectivity index (χ0) is 20.2. The van der Waals surface area contributed by atoms with Gasteiger partial charge in [-0.3, -0.25) is 0 Å². The molecule has 0 saturated heterocycles. The van der Waals surface area contributed by atoms with E-state index in [0.717, 1.165) is 5.69 Å². The Balaban J connectivity index is 1.99. The van der Waals surface area contributed by atoms with E-state index in [9.17, 15) is 0 Å². The Morgan fingerprint density at radius 3 is 2.00 bits per heavy atom. The summed E-state index contributed by atoms with van der Waals surface area (Å²) in [7, 11) is 0. The Morgan fingerprint density at radius 1 is 0.586 bits per heavy atom. The lowest BCUT2D eigenvalue weighted by molar-refractivity contribution is 0.601. The van der Waals surface area contributed by atoms with E-state index in [4.69, 9.17) is 5.73 Å². The third-order valence-corrected chi connectivity index (χ3v) is 5.84. The Kier molecular flexibility index (Phi) is 3.89. The summed E-state index contributed by atoms with van der Waals surface area (Å²) in [5.41, 5.74) is 11.0. The standard InChI is InChI=1S/C28H25N/c1-28(2,3)27-24-11-7-6-10-22(24)26(23-15-14-21(29)17-25(23)27)20-13-12-18-8-4-5-9-19(18)16-20/h4-17H,29H2,1-3H3. The zero-order valence-electron chi connectivity index (χ0n) is 17.2. The van der Waals surface area contributed by atoms with Gasteiger partial charge in [0.1, 0.15) is 0 Å². The summed E-state index contributed by atoms with van der Waals surface area (Å²) in [6, 6.07) is 30.5. The molecule has 0 aromatic heterocycles. The second-order valence-corrected chi connectivity index (χ2v) is 8.91. The summed E-state index contributed by atoms with van der Waals surface area (Å²) in [4.78, 5) is 0. The Morgan fingerprint density at radius 2 is 1.24 bits per heavy atom.